The molecule has 0 unspecified atom stereocenters. The van der Waals surface area contributed by atoms with Gasteiger partial charge in [0.05, 0.1) is 6.61 Å². The highest BCUT2D eigenvalue weighted by molar-refractivity contribution is 5.90. The van der Waals surface area contributed by atoms with E-state index in [1.54, 1.807) is 18.2 Å². The predicted octanol–water partition coefficient (Wildman–Crippen LogP) is 5.96. The van der Waals surface area contributed by atoms with Crippen LogP contribution >= 0.6 is 0 Å². The first kappa shape index (κ1) is 19.9. The lowest BCUT2D eigenvalue weighted by Crippen LogP contribution is -1.98. The molecule has 0 amide bonds. The van der Waals surface area contributed by atoms with E-state index in [1.807, 2.05) is 24.3 Å². The summed E-state index contributed by atoms with van der Waals surface area (Å²) in [7, 11) is 0. The third-order valence-corrected chi connectivity index (χ3v) is 4.45. The maximum Gasteiger partial charge on any atom is 0.150 e. The Morgan fingerprint density at radius 1 is 0.885 bits per heavy atom. The monoisotopic (exact) mass is 352 g/mol. The highest BCUT2D eigenvalue weighted by Gasteiger charge is 2.06. The van der Waals surface area contributed by atoms with Crippen LogP contribution in [-0.4, -0.2) is 19.2 Å². The second-order valence-electron chi connectivity index (χ2n) is 7.05. The summed E-state index contributed by atoms with van der Waals surface area (Å²) < 4.78 is 5.80. The van der Waals surface area contributed by atoms with Crippen LogP contribution in [0.25, 0.3) is 11.1 Å². The first-order valence-corrected chi connectivity index (χ1v) is 9.41. The maximum absolute atomic E-state index is 11.2. The van der Waals surface area contributed by atoms with E-state index in [-0.39, 0.29) is 0 Å². The Hall–Kier alpha value is -2.42. The number of hydrogen-bond acceptors (Lipinski definition) is 3. The Morgan fingerprint density at radius 2 is 1.62 bits per heavy atom. The molecule has 3 nitrogen and oxygen atoms in total. The molecule has 0 radical (unpaired) electrons. The van der Waals surface area contributed by atoms with E-state index in [0.29, 0.717) is 11.1 Å². The van der Waals surface area contributed by atoms with Crippen molar-refractivity contribution in [2.75, 3.05) is 6.61 Å². The summed E-state index contributed by atoms with van der Waals surface area (Å²) in [5.74, 6) is 1.62. The van der Waals surface area contributed by atoms with Crippen molar-refractivity contribution in [1.29, 1.82) is 0 Å². The van der Waals surface area contributed by atoms with Crippen molar-refractivity contribution < 1.29 is 14.3 Å². The van der Waals surface area contributed by atoms with Crippen LogP contribution in [0.3, 0.4) is 0 Å². The van der Waals surface area contributed by atoms with Gasteiger partial charge in [0.25, 0.3) is 0 Å². The summed E-state index contributed by atoms with van der Waals surface area (Å²) in [5.41, 5.74) is 2.80. The van der Waals surface area contributed by atoms with Crippen molar-refractivity contribution in [3.8, 4) is 16.9 Å². The number of benzene rings is 2. The summed E-state index contributed by atoms with van der Waals surface area (Å²) in [6, 6.07) is 12.7. The number of aldehydes is 2. The van der Waals surface area contributed by atoms with Gasteiger partial charge < -0.3 is 4.74 Å². The van der Waals surface area contributed by atoms with Crippen LogP contribution in [0.1, 0.15) is 66.7 Å². The molecule has 3 heteroatoms. The fourth-order valence-electron chi connectivity index (χ4n) is 2.93. The van der Waals surface area contributed by atoms with Gasteiger partial charge in [-0.25, -0.2) is 0 Å². The van der Waals surface area contributed by atoms with Crippen molar-refractivity contribution in [2.45, 2.75) is 46.0 Å². The second-order valence-corrected chi connectivity index (χ2v) is 7.05. The van der Waals surface area contributed by atoms with E-state index >= 15 is 0 Å². The van der Waals surface area contributed by atoms with Crippen LogP contribution in [0.15, 0.2) is 42.5 Å². The first-order chi connectivity index (χ1) is 12.6. The Kier molecular flexibility index (Phi) is 8.07. The Morgan fingerprint density at radius 3 is 2.27 bits per heavy atom. The maximum atomic E-state index is 11.2. The lowest BCUT2D eigenvalue weighted by atomic mass is 9.98. The van der Waals surface area contributed by atoms with E-state index in [9.17, 15) is 9.59 Å². The van der Waals surface area contributed by atoms with Crippen LogP contribution in [-0.2, 0) is 0 Å². The standard InChI is InChI=1S/C23H28O3/c1-18(2)7-5-3-4-6-14-26-22-12-10-20(11-13-22)23-15-19(16-24)8-9-21(23)17-25/h8-13,15-18H,3-7,14H2,1-2H3. The van der Waals surface area contributed by atoms with Crippen molar-refractivity contribution in [3.05, 3.63) is 53.6 Å². The third-order valence-electron chi connectivity index (χ3n) is 4.45. The van der Waals surface area contributed by atoms with E-state index in [2.05, 4.69) is 13.8 Å². The molecule has 0 N–H and O–H groups in total. The minimum absolute atomic E-state index is 0.559. The van der Waals surface area contributed by atoms with Crippen LogP contribution in [0.5, 0.6) is 5.75 Å². The fraction of sp³-hybridized carbons (Fsp3) is 0.391. The summed E-state index contributed by atoms with van der Waals surface area (Å²) in [6.45, 7) is 5.25. The highest BCUT2D eigenvalue weighted by atomic mass is 16.5. The molecule has 2 rings (SSSR count). The number of carbonyl (C=O) groups is 2. The van der Waals surface area contributed by atoms with E-state index in [0.717, 1.165) is 48.4 Å². The zero-order chi connectivity index (χ0) is 18.8. The van der Waals surface area contributed by atoms with Crippen LogP contribution in [0.4, 0.5) is 0 Å². The molecule has 0 aliphatic carbocycles. The number of hydrogen-bond donors (Lipinski definition) is 0. The minimum atomic E-state index is 0.559. The van der Waals surface area contributed by atoms with Gasteiger partial charge in [0.15, 0.2) is 6.29 Å². The molecular formula is C23H28O3. The van der Waals surface area contributed by atoms with Gasteiger partial charge in [0.1, 0.15) is 12.0 Å². The molecule has 0 fully saturated rings. The summed E-state index contributed by atoms with van der Waals surface area (Å²) in [4.78, 5) is 22.2. The van der Waals surface area contributed by atoms with Crippen molar-refractivity contribution in [2.24, 2.45) is 5.92 Å². The highest BCUT2D eigenvalue weighted by Crippen LogP contribution is 2.26. The first-order valence-electron chi connectivity index (χ1n) is 9.41. The molecule has 0 aliphatic heterocycles. The summed E-state index contributed by atoms with van der Waals surface area (Å²) >= 11 is 0. The average molecular weight is 352 g/mol. The molecule has 0 heterocycles. The molecule has 0 aliphatic rings. The van der Waals surface area contributed by atoms with Crippen molar-refractivity contribution in [1.82, 2.24) is 0 Å². The fourth-order valence-corrected chi connectivity index (χ4v) is 2.93. The van der Waals surface area contributed by atoms with Gasteiger partial charge in [-0.05, 0) is 41.7 Å². The molecule has 0 saturated carbocycles. The smallest absolute Gasteiger partial charge is 0.150 e. The molecule has 0 atom stereocenters. The van der Waals surface area contributed by atoms with Gasteiger partial charge in [0, 0.05) is 11.1 Å². The molecule has 0 bridgehead atoms. The Labute approximate surface area is 156 Å². The van der Waals surface area contributed by atoms with Gasteiger partial charge in [0.2, 0.25) is 0 Å². The van der Waals surface area contributed by atoms with E-state index < -0.39 is 0 Å². The number of carbonyl (C=O) groups excluding carboxylic acids is 2. The lowest BCUT2D eigenvalue weighted by Gasteiger charge is -2.09. The van der Waals surface area contributed by atoms with Gasteiger partial charge in [-0.2, -0.15) is 0 Å². The van der Waals surface area contributed by atoms with Gasteiger partial charge in [-0.15, -0.1) is 0 Å². The summed E-state index contributed by atoms with van der Waals surface area (Å²) in [6.07, 6.45) is 7.73. The normalized spacial score (nSPS) is 10.7. The molecular weight excluding hydrogens is 324 g/mol. The molecule has 0 aromatic heterocycles. The molecule has 26 heavy (non-hydrogen) atoms. The quantitative estimate of drug-likeness (QED) is 0.370. The largest absolute Gasteiger partial charge is 0.494 e. The van der Waals surface area contributed by atoms with E-state index in [4.69, 9.17) is 4.74 Å². The summed E-state index contributed by atoms with van der Waals surface area (Å²) in [5, 5.41) is 0. The van der Waals surface area contributed by atoms with Crippen molar-refractivity contribution >= 4 is 12.6 Å². The third kappa shape index (κ3) is 6.14. The molecule has 2 aromatic rings. The van der Waals surface area contributed by atoms with Crippen LogP contribution in [0, 0.1) is 5.92 Å². The van der Waals surface area contributed by atoms with Crippen molar-refractivity contribution in [3.63, 3.8) is 0 Å². The average Bonchev–Trinajstić information content (AvgIpc) is 2.67. The van der Waals surface area contributed by atoms with E-state index in [1.165, 1.54) is 25.7 Å². The molecule has 0 saturated heterocycles. The SMILES string of the molecule is CC(C)CCCCCCOc1ccc(-c2cc(C=O)ccc2C=O)cc1. The molecule has 2 aromatic carbocycles. The van der Waals surface area contributed by atoms with Gasteiger partial charge in [-0.1, -0.05) is 63.8 Å². The zero-order valence-corrected chi connectivity index (χ0v) is 15.7. The number of ether oxygens (including phenoxy) is 1. The molecule has 0 spiro atoms. The lowest BCUT2D eigenvalue weighted by molar-refractivity contribution is 0.111. The predicted molar refractivity (Wildman–Crippen MR) is 106 cm³/mol. The second kappa shape index (κ2) is 10.5. The van der Waals surface area contributed by atoms with Gasteiger partial charge in [-0.3, -0.25) is 9.59 Å². The Balaban J connectivity index is 1.87. The Bertz CT molecular complexity index is 702. The minimum Gasteiger partial charge on any atom is -0.494 e. The van der Waals surface area contributed by atoms with Gasteiger partial charge >= 0.3 is 0 Å². The van der Waals surface area contributed by atoms with Crippen LogP contribution in [0.2, 0.25) is 0 Å². The topological polar surface area (TPSA) is 43.4 Å². The molecule has 138 valence electrons. The number of rotatable bonds is 11. The number of unbranched alkanes of at least 4 members (excludes halogenated alkanes) is 3. The zero-order valence-electron chi connectivity index (χ0n) is 15.7. The van der Waals surface area contributed by atoms with Crippen LogP contribution < -0.4 is 4.74 Å².